The molecule has 0 aliphatic heterocycles. The fraction of sp³-hybridized carbons (Fsp3) is 0.333. The number of rotatable bonds is 7. The minimum Gasteiger partial charge on any atom is -0.490 e. The van der Waals surface area contributed by atoms with E-state index in [-0.39, 0.29) is 6.04 Å². The number of aryl methyl sites for hydroxylation is 1. The number of hydrogen-bond acceptors (Lipinski definition) is 2. The van der Waals surface area contributed by atoms with Crippen molar-refractivity contribution < 1.29 is 4.74 Å². The van der Waals surface area contributed by atoms with Crippen LogP contribution in [-0.2, 0) is 6.42 Å². The summed E-state index contributed by atoms with van der Waals surface area (Å²) in [5.74, 6) is 0.729. The van der Waals surface area contributed by atoms with Crippen molar-refractivity contribution in [3.05, 3.63) is 64.7 Å². The van der Waals surface area contributed by atoms with Crippen LogP contribution < -0.4 is 10.1 Å². The van der Waals surface area contributed by atoms with Gasteiger partial charge in [0.2, 0.25) is 0 Å². The fourth-order valence-electron chi connectivity index (χ4n) is 2.24. The molecule has 0 fully saturated rings. The van der Waals surface area contributed by atoms with Gasteiger partial charge in [0, 0.05) is 0 Å². The number of halogens is 1. The van der Waals surface area contributed by atoms with Crippen molar-refractivity contribution in [3.8, 4) is 5.75 Å². The Balaban J connectivity index is 2.06. The molecule has 0 aliphatic carbocycles. The molecule has 0 aliphatic rings. The molecule has 112 valence electrons. The van der Waals surface area contributed by atoms with Crippen molar-refractivity contribution in [2.75, 3.05) is 13.2 Å². The largest absolute Gasteiger partial charge is 0.490 e. The Labute approximate surface area is 132 Å². The van der Waals surface area contributed by atoms with E-state index in [9.17, 15) is 0 Å². The van der Waals surface area contributed by atoms with Crippen LogP contribution in [0.5, 0.6) is 5.75 Å². The van der Waals surface area contributed by atoms with Gasteiger partial charge >= 0.3 is 0 Å². The van der Waals surface area contributed by atoms with Gasteiger partial charge in [0.05, 0.1) is 11.1 Å². The molecule has 2 aromatic carbocycles. The summed E-state index contributed by atoms with van der Waals surface area (Å²) < 4.78 is 5.87. The van der Waals surface area contributed by atoms with E-state index in [2.05, 4.69) is 43.4 Å². The number of hydrogen-bond donors (Lipinski definition) is 1. The highest BCUT2D eigenvalue weighted by Gasteiger charge is 2.12. The average molecular weight is 304 g/mol. The third-order valence-electron chi connectivity index (χ3n) is 3.48. The third kappa shape index (κ3) is 4.48. The lowest BCUT2D eigenvalue weighted by Crippen LogP contribution is -2.26. The van der Waals surface area contributed by atoms with Gasteiger partial charge in [-0.2, -0.15) is 0 Å². The fourth-order valence-corrected chi connectivity index (χ4v) is 2.43. The van der Waals surface area contributed by atoms with Crippen LogP contribution in [0.2, 0.25) is 5.02 Å². The number of likely N-dealkylation sites (N-methyl/N-ethyl adjacent to an activating group) is 1. The van der Waals surface area contributed by atoms with Gasteiger partial charge in [0.15, 0.2) is 0 Å². The maximum Gasteiger partial charge on any atom is 0.137 e. The summed E-state index contributed by atoms with van der Waals surface area (Å²) in [5, 5.41) is 4.11. The van der Waals surface area contributed by atoms with Gasteiger partial charge in [0.1, 0.15) is 12.4 Å². The molecule has 0 saturated carbocycles. The van der Waals surface area contributed by atoms with Gasteiger partial charge in [-0.15, -0.1) is 0 Å². The molecule has 1 N–H and O–H groups in total. The molecule has 1 unspecified atom stereocenters. The van der Waals surface area contributed by atoms with Gasteiger partial charge in [-0.1, -0.05) is 61.8 Å². The molecule has 0 saturated heterocycles. The first kappa shape index (κ1) is 15.9. The Kier molecular flexibility index (Phi) is 6.09. The zero-order valence-electron chi connectivity index (χ0n) is 12.6. The summed E-state index contributed by atoms with van der Waals surface area (Å²) in [5.41, 5.74) is 2.59. The summed E-state index contributed by atoms with van der Waals surface area (Å²) in [6.45, 7) is 5.72. The minimum absolute atomic E-state index is 0.164. The smallest absolute Gasteiger partial charge is 0.137 e. The van der Waals surface area contributed by atoms with E-state index in [1.165, 1.54) is 11.1 Å². The Hall–Kier alpha value is -1.51. The van der Waals surface area contributed by atoms with Crippen LogP contribution in [0.3, 0.4) is 0 Å². The van der Waals surface area contributed by atoms with Crippen molar-refractivity contribution >= 4 is 11.6 Å². The standard InChI is InChI=1S/C18H22ClNO/c1-3-14-9-11-15(12-10-14)17(20-4-2)13-21-18-8-6-5-7-16(18)19/h5-12,17,20H,3-4,13H2,1-2H3. The first-order valence-corrected chi connectivity index (χ1v) is 7.82. The van der Waals surface area contributed by atoms with E-state index in [1.54, 1.807) is 0 Å². The zero-order chi connectivity index (χ0) is 15.1. The SMILES string of the molecule is CCNC(COc1ccccc1Cl)c1ccc(CC)cc1. The number of ether oxygens (including phenoxy) is 1. The van der Waals surface area contributed by atoms with Crippen LogP contribution in [-0.4, -0.2) is 13.2 Å². The second-order valence-corrected chi connectivity index (χ2v) is 5.35. The molecule has 0 amide bonds. The van der Waals surface area contributed by atoms with Crippen LogP contribution in [0.15, 0.2) is 48.5 Å². The highest BCUT2D eigenvalue weighted by Crippen LogP contribution is 2.24. The maximum absolute atomic E-state index is 6.12. The molecule has 21 heavy (non-hydrogen) atoms. The minimum atomic E-state index is 0.164. The quantitative estimate of drug-likeness (QED) is 0.805. The second kappa shape index (κ2) is 8.06. The lowest BCUT2D eigenvalue weighted by Gasteiger charge is -2.19. The normalized spacial score (nSPS) is 12.1. The topological polar surface area (TPSA) is 21.3 Å². The van der Waals surface area contributed by atoms with E-state index in [4.69, 9.17) is 16.3 Å². The summed E-state index contributed by atoms with van der Waals surface area (Å²) in [6, 6.07) is 16.4. The van der Waals surface area contributed by atoms with Crippen LogP contribution in [0.25, 0.3) is 0 Å². The highest BCUT2D eigenvalue weighted by molar-refractivity contribution is 6.32. The van der Waals surface area contributed by atoms with Gasteiger partial charge in [-0.3, -0.25) is 0 Å². The molecule has 0 bridgehead atoms. The Morgan fingerprint density at radius 1 is 1.05 bits per heavy atom. The van der Waals surface area contributed by atoms with Crippen LogP contribution >= 0.6 is 11.6 Å². The molecule has 0 heterocycles. The van der Waals surface area contributed by atoms with E-state index in [0.717, 1.165) is 18.7 Å². The summed E-state index contributed by atoms with van der Waals surface area (Å²) in [4.78, 5) is 0. The molecule has 1 atom stereocenters. The molecule has 3 heteroatoms. The van der Waals surface area contributed by atoms with E-state index >= 15 is 0 Å². The van der Waals surface area contributed by atoms with Gasteiger partial charge in [-0.05, 0) is 36.2 Å². The lowest BCUT2D eigenvalue weighted by atomic mass is 10.0. The monoisotopic (exact) mass is 303 g/mol. The van der Waals surface area contributed by atoms with Gasteiger partial charge in [-0.25, -0.2) is 0 Å². The van der Waals surface area contributed by atoms with Crippen molar-refractivity contribution in [2.24, 2.45) is 0 Å². The number of para-hydroxylation sites is 1. The highest BCUT2D eigenvalue weighted by atomic mass is 35.5. The molecule has 2 rings (SSSR count). The van der Waals surface area contributed by atoms with Crippen LogP contribution in [0.4, 0.5) is 0 Å². The number of benzene rings is 2. The molecule has 2 aromatic rings. The lowest BCUT2D eigenvalue weighted by molar-refractivity contribution is 0.268. The first-order valence-electron chi connectivity index (χ1n) is 7.44. The molecular weight excluding hydrogens is 282 g/mol. The third-order valence-corrected chi connectivity index (χ3v) is 3.80. The van der Waals surface area contributed by atoms with Crippen LogP contribution in [0.1, 0.15) is 31.0 Å². The van der Waals surface area contributed by atoms with Gasteiger partial charge < -0.3 is 10.1 Å². The summed E-state index contributed by atoms with van der Waals surface area (Å²) in [7, 11) is 0. The predicted octanol–water partition coefficient (Wildman–Crippen LogP) is 4.63. The summed E-state index contributed by atoms with van der Waals surface area (Å²) >= 11 is 6.12. The van der Waals surface area contributed by atoms with E-state index in [1.807, 2.05) is 24.3 Å². The van der Waals surface area contributed by atoms with Crippen molar-refractivity contribution in [2.45, 2.75) is 26.3 Å². The van der Waals surface area contributed by atoms with Crippen LogP contribution in [0, 0.1) is 0 Å². The average Bonchev–Trinajstić information content (AvgIpc) is 2.53. The van der Waals surface area contributed by atoms with Crippen molar-refractivity contribution in [1.82, 2.24) is 5.32 Å². The second-order valence-electron chi connectivity index (χ2n) is 4.95. The van der Waals surface area contributed by atoms with Crippen molar-refractivity contribution in [1.29, 1.82) is 0 Å². The zero-order valence-corrected chi connectivity index (χ0v) is 13.4. The first-order chi connectivity index (χ1) is 10.2. The molecule has 2 nitrogen and oxygen atoms in total. The summed E-state index contributed by atoms with van der Waals surface area (Å²) in [6.07, 6.45) is 1.06. The van der Waals surface area contributed by atoms with Crippen molar-refractivity contribution in [3.63, 3.8) is 0 Å². The Bertz CT molecular complexity index is 553. The Morgan fingerprint density at radius 2 is 1.76 bits per heavy atom. The Morgan fingerprint density at radius 3 is 2.38 bits per heavy atom. The van der Waals surface area contributed by atoms with Gasteiger partial charge in [0.25, 0.3) is 0 Å². The molecule has 0 radical (unpaired) electrons. The maximum atomic E-state index is 6.12. The predicted molar refractivity (Wildman–Crippen MR) is 89.2 cm³/mol. The molecular formula is C18H22ClNO. The molecule has 0 aromatic heterocycles. The van der Waals surface area contributed by atoms with E-state index in [0.29, 0.717) is 11.6 Å². The van der Waals surface area contributed by atoms with E-state index < -0.39 is 0 Å². The molecule has 0 spiro atoms. The number of nitrogens with one attached hydrogen (secondary N) is 1.